The lowest BCUT2D eigenvalue weighted by Crippen LogP contribution is -2.27. The van der Waals surface area contributed by atoms with Crippen LogP contribution < -0.4 is 15.2 Å². The van der Waals surface area contributed by atoms with Crippen molar-refractivity contribution in [3.63, 3.8) is 0 Å². The number of nitrogens with two attached hydrogens (primary N) is 1. The lowest BCUT2D eigenvalue weighted by Gasteiger charge is -2.14. The second kappa shape index (κ2) is 8.54. The molecule has 5 rings (SSSR count). The van der Waals surface area contributed by atoms with E-state index in [9.17, 15) is 4.79 Å². The highest BCUT2D eigenvalue weighted by Crippen LogP contribution is 2.43. The third kappa shape index (κ3) is 3.51. The molecule has 0 unspecified atom stereocenters. The quantitative estimate of drug-likeness (QED) is 0.451. The summed E-state index contributed by atoms with van der Waals surface area (Å²) in [4.78, 5) is 24.5. The number of hydrogen-bond donors (Lipinski definition) is 1. The van der Waals surface area contributed by atoms with Gasteiger partial charge in [-0.2, -0.15) is 0 Å². The van der Waals surface area contributed by atoms with Crippen molar-refractivity contribution in [1.29, 1.82) is 0 Å². The number of ether oxygens (including phenoxy) is 2. The van der Waals surface area contributed by atoms with Crippen molar-refractivity contribution < 1.29 is 14.3 Å². The van der Waals surface area contributed by atoms with E-state index in [1.165, 1.54) is 0 Å². The Morgan fingerprint density at radius 2 is 2.09 bits per heavy atom. The van der Waals surface area contributed by atoms with Gasteiger partial charge in [0.25, 0.3) is 5.91 Å². The standard InChI is InChI=1S/C25H25N5O3S/c1-5-6-19(31)29-8-7-15(13-29)25-28-21(22-24(26)27-12-20(33-4)30(22)25)18-11-16-9-14(2)10-17(32-3)23(16)34-18/h9-12,15H,7-8,13H2,1-4H3,(H2,26,27)/t15-/m0/s1. The van der Waals surface area contributed by atoms with E-state index in [2.05, 4.69) is 29.0 Å². The number of anilines is 1. The molecule has 3 aromatic heterocycles. The number of benzene rings is 1. The summed E-state index contributed by atoms with van der Waals surface area (Å²) in [6.45, 7) is 4.88. The molecule has 1 aromatic carbocycles. The molecule has 4 aromatic rings. The second-order valence-corrected chi connectivity index (χ2v) is 9.35. The molecule has 1 atom stereocenters. The molecule has 4 heterocycles. The summed E-state index contributed by atoms with van der Waals surface area (Å²) in [5, 5.41) is 1.09. The van der Waals surface area contributed by atoms with Crippen molar-refractivity contribution in [3.05, 3.63) is 35.8 Å². The fraction of sp³-hybridized carbons (Fsp3) is 0.320. The van der Waals surface area contributed by atoms with Gasteiger partial charge in [-0.25, -0.2) is 9.97 Å². The van der Waals surface area contributed by atoms with Crippen LogP contribution in [0.4, 0.5) is 5.82 Å². The molecule has 0 spiro atoms. The SMILES string of the molecule is CC#CC(=O)N1CC[C@H](c2nc(-c3cc4cc(C)cc(OC)c4s3)c3c(N)ncc(OC)n23)C1. The van der Waals surface area contributed by atoms with Crippen molar-refractivity contribution in [2.24, 2.45) is 0 Å². The van der Waals surface area contributed by atoms with E-state index in [0.717, 1.165) is 44.2 Å². The van der Waals surface area contributed by atoms with E-state index < -0.39 is 0 Å². The average Bonchev–Trinajstić information content (AvgIpc) is 3.55. The number of aromatic nitrogens is 3. The van der Waals surface area contributed by atoms with Crippen LogP contribution >= 0.6 is 11.3 Å². The van der Waals surface area contributed by atoms with E-state index in [0.29, 0.717) is 30.3 Å². The molecule has 1 aliphatic rings. The number of likely N-dealkylation sites (tertiary alicyclic amines) is 1. The van der Waals surface area contributed by atoms with E-state index in [4.69, 9.17) is 20.2 Å². The molecule has 0 bridgehead atoms. The number of methoxy groups -OCH3 is 2. The second-order valence-electron chi connectivity index (χ2n) is 8.30. The Kier molecular flexibility index (Phi) is 5.54. The lowest BCUT2D eigenvalue weighted by atomic mass is 10.1. The number of carbonyl (C=O) groups is 1. The summed E-state index contributed by atoms with van der Waals surface area (Å²) in [5.74, 6) is 7.74. The van der Waals surface area contributed by atoms with Gasteiger partial charge in [-0.1, -0.05) is 12.0 Å². The lowest BCUT2D eigenvalue weighted by molar-refractivity contribution is -0.124. The zero-order valence-electron chi connectivity index (χ0n) is 19.5. The first-order chi connectivity index (χ1) is 16.4. The number of aryl methyl sites for hydroxylation is 1. The largest absolute Gasteiger partial charge is 0.495 e. The van der Waals surface area contributed by atoms with Gasteiger partial charge < -0.3 is 20.1 Å². The topological polar surface area (TPSA) is 95.0 Å². The van der Waals surface area contributed by atoms with Crippen LogP contribution in [-0.4, -0.2) is 52.5 Å². The van der Waals surface area contributed by atoms with Gasteiger partial charge in [0.15, 0.2) is 0 Å². The normalized spacial score (nSPS) is 15.5. The van der Waals surface area contributed by atoms with E-state index in [1.807, 2.05) is 17.4 Å². The van der Waals surface area contributed by atoms with E-state index >= 15 is 0 Å². The van der Waals surface area contributed by atoms with Gasteiger partial charge in [0.2, 0.25) is 5.88 Å². The molecule has 1 amide bonds. The molecule has 174 valence electrons. The molecule has 0 aliphatic carbocycles. The fourth-order valence-electron chi connectivity index (χ4n) is 4.60. The van der Waals surface area contributed by atoms with Crippen LogP contribution in [0.1, 0.15) is 30.7 Å². The first-order valence-corrected chi connectivity index (χ1v) is 11.8. The number of thiophene rings is 1. The number of fused-ring (bicyclic) bond motifs is 2. The van der Waals surface area contributed by atoms with Crippen molar-refractivity contribution in [2.45, 2.75) is 26.2 Å². The van der Waals surface area contributed by atoms with Crippen molar-refractivity contribution in [3.8, 4) is 34.0 Å². The average molecular weight is 476 g/mol. The number of hydrogen-bond acceptors (Lipinski definition) is 7. The summed E-state index contributed by atoms with van der Waals surface area (Å²) in [7, 11) is 3.28. The van der Waals surface area contributed by atoms with E-state index in [-0.39, 0.29) is 11.8 Å². The van der Waals surface area contributed by atoms with E-state index in [1.54, 1.807) is 43.6 Å². The molecule has 2 N–H and O–H groups in total. The van der Waals surface area contributed by atoms with Gasteiger partial charge in [0.1, 0.15) is 28.6 Å². The monoisotopic (exact) mass is 475 g/mol. The Morgan fingerprint density at radius 3 is 2.82 bits per heavy atom. The maximum Gasteiger partial charge on any atom is 0.298 e. The predicted octanol–water partition coefficient (Wildman–Crippen LogP) is 3.86. The number of amides is 1. The molecular formula is C25H25N5O3S. The predicted molar refractivity (Wildman–Crippen MR) is 133 cm³/mol. The van der Waals surface area contributed by atoms with Crippen LogP contribution in [0, 0.1) is 18.8 Å². The highest BCUT2D eigenvalue weighted by molar-refractivity contribution is 7.22. The summed E-state index contributed by atoms with van der Waals surface area (Å²) >= 11 is 1.61. The number of rotatable bonds is 4. The molecule has 8 nitrogen and oxygen atoms in total. The zero-order valence-corrected chi connectivity index (χ0v) is 20.3. The summed E-state index contributed by atoms with van der Waals surface area (Å²) in [5.41, 5.74) is 8.96. The minimum Gasteiger partial charge on any atom is -0.495 e. The summed E-state index contributed by atoms with van der Waals surface area (Å²) < 4.78 is 14.3. The van der Waals surface area contributed by atoms with Crippen LogP contribution in [0.3, 0.4) is 0 Å². The van der Waals surface area contributed by atoms with Crippen LogP contribution in [0.15, 0.2) is 24.4 Å². The molecule has 1 saturated heterocycles. The Balaban J connectivity index is 1.69. The Labute approximate surface area is 201 Å². The van der Waals surface area contributed by atoms with Gasteiger partial charge in [-0.05, 0) is 49.3 Å². The Bertz CT molecular complexity index is 1490. The highest BCUT2D eigenvalue weighted by atomic mass is 32.1. The van der Waals surface area contributed by atoms with Gasteiger partial charge >= 0.3 is 0 Å². The number of nitrogens with zero attached hydrogens (tertiary/aromatic N) is 4. The molecule has 0 radical (unpaired) electrons. The van der Waals surface area contributed by atoms with Crippen LogP contribution in [0.2, 0.25) is 0 Å². The molecule has 1 aliphatic heterocycles. The van der Waals surface area contributed by atoms with Crippen LogP contribution in [0.25, 0.3) is 26.2 Å². The van der Waals surface area contributed by atoms with Crippen LogP contribution in [-0.2, 0) is 4.79 Å². The van der Waals surface area contributed by atoms with Gasteiger partial charge in [0, 0.05) is 19.0 Å². The molecule has 9 heteroatoms. The third-order valence-electron chi connectivity index (χ3n) is 6.14. The summed E-state index contributed by atoms with van der Waals surface area (Å²) in [6.07, 6.45) is 2.38. The van der Waals surface area contributed by atoms with Crippen molar-refractivity contribution >= 4 is 38.7 Å². The maximum absolute atomic E-state index is 12.3. The Morgan fingerprint density at radius 1 is 1.26 bits per heavy atom. The molecule has 1 fully saturated rings. The summed E-state index contributed by atoms with van der Waals surface area (Å²) in [6, 6.07) is 6.28. The van der Waals surface area contributed by atoms with Crippen molar-refractivity contribution in [1.82, 2.24) is 19.3 Å². The first-order valence-electron chi connectivity index (χ1n) is 11.0. The minimum absolute atomic E-state index is 0.0192. The Hall–Kier alpha value is -3.77. The van der Waals surface area contributed by atoms with Gasteiger partial charge in [-0.15, -0.1) is 11.3 Å². The smallest absolute Gasteiger partial charge is 0.298 e. The molecule has 0 saturated carbocycles. The van der Waals surface area contributed by atoms with Gasteiger partial charge in [0.05, 0.1) is 30.0 Å². The third-order valence-corrected chi connectivity index (χ3v) is 7.31. The van der Waals surface area contributed by atoms with Gasteiger partial charge in [-0.3, -0.25) is 9.20 Å². The molecule has 34 heavy (non-hydrogen) atoms. The maximum atomic E-state index is 12.3. The number of nitrogen functional groups attached to an aromatic ring is 1. The number of carbonyl (C=O) groups excluding carboxylic acids is 1. The van der Waals surface area contributed by atoms with Crippen molar-refractivity contribution in [2.75, 3.05) is 33.0 Å². The molecular weight excluding hydrogens is 450 g/mol. The number of imidazole rings is 1. The zero-order chi connectivity index (χ0) is 24.0. The fourth-order valence-corrected chi connectivity index (χ4v) is 5.73. The van der Waals surface area contributed by atoms with Crippen LogP contribution in [0.5, 0.6) is 11.6 Å². The first kappa shape index (κ1) is 22.0. The highest BCUT2D eigenvalue weighted by Gasteiger charge is 2.32. The minimum atomic E-state index is -0.161.